The summed E-state index contributed by atoms with van der Waals surface area (Å²) in [6, 6.07) is 4.27. The minimum absolute atomic E-state index is 1.04. The maximum atomic E-state index is 4.62. The molecule has 100 valence electrons. The van der Waals surface area contributed by atoms with E-state index in [1.165, 1.54) is 25.7 Å². The van der Waals surface area contributed by atoms with E-state index in [1.54, 1.807) is 11.3 Å². The van der Waals surface area contributed by atoms with Crippen LogP contribution in [0.25, 0.3) is 11.3 Å². The van der Waals surface area contributed by atoms with E-state index in [0.717, 1.165) is 35.2 Å². The van der Waals surface area contributed by atoms with Gasteiger partial charge in [-0.2, -0.15) is 0 Å². The van der Waals surface area contributed by atoms with E-state index in [-0.39, 0.29) is 0 Å². The zero-order chi connectivity index (χ0) is 13.1. The van der Waals surface area contributed by atoms with E-state index >= 15 is 0 Å². The standard InChI is InChI=1S/C15H19N3S/c1-12-17-14(11-19-12)13-6-7-15(16-10-13)18-8-4-2-3-5-9-18/h6-7,10-11H,2-5,8-9H2,1H3. The summed E-state index contributed by atoms with van der Waals surface area (Å²) in [4.78, 5) is 11.5. The van der Waals surface area contributed by atoms with Gasteiger partial charge in [-0.25, -0.2) is 9.97 Å². The molecule has 0 aromatic carbocycles. The fourth-order valence-electron chi connectivity index (χ4n) is 2.52. The molecular formula is C15H19N3S. The molecule has 0 saturated carbocycles. The highest BCUT2D eigenvalue weighted by Crippen LogP contribution is 2.23. The predicted molar refractivity (Wildman–Crippen MR) is 80.8 cm³/mol. The summed E-state index contributed by atoms with van der Waals surface area (Å²) in [6.45, 7) is 4.32. The van der Waals surface area contributed by atoms with Crippen LogP contribution in [-0.2, 0) is 0 Å². The van der Waals surface area contributed by atoms with Crippen molar-refractivity contribution in [1.82, 2.24) is 9.97 Å². The van der Waals surface area contributed by atoms with Crippen molar-refractivity contribution in [2.45, 2.75) is 32.6 Å². The van der Waals surface area contributed by atoms with Gasteiger partial charge in [0.05, 0.1) is 10.7 Å². The molecule has 0 aliphatic carbocycles. The Kier molecular flexibility index (Phi) is 3.78. The van der Waals surface area contributed by atoms with Crippen LogP contribution in [0.3, 0.4) is 0 Å². The molecule has 1 aliphatic rings. The topological polar surface area (TPSA) is 29.0 Å². The number of rotatable bonds is 2. The van der Waals surface area contributed by atoms with E-state index in [0.29, 0.717) is 0 Å². The van der Waals surface area contributed by atoms with Crippen molar-refractivity contribution in [3.8, 4) is 11.3 Å². The SMILES string of the molecule is Cc1nc(-c2ccc(N3CCCCCC3)nc2)cs1. The molecule has 2 aromatic rings. The van der Waals surface area contributed by atoms with Gasteiger partial charge in [0.2, 0.25) is 0 Å². The Labute approximate surface area is 118 Å². The molecule has 2 aromatic heterocycles. The molecule has 0 bridgehead atoms. The van der Waals surface area contributed by atoms with Crippen molar-refractivity contribution < 1.29 is 0 Å². The maximum absolute atomic E-state index is 4.62. The first kappa shape index (κ1) is 12.6. The number of nitrogens with zero attached hydrogens (tertiary/aromatic N) is 3. The lowest BCUT2D eigenvalue weighted by Gasteiger charge is -2.21. The molecule has 0 spiro atoms. The summed E-state index contributed by atoms with van der Waals surface area (Å²) >= 11 is 1.68. The number of aromatic nitrogens is 2. The molecule has 0 amide bonds. The average Bonchev–Trinajstić information content (AvgIpc) is 2.72. The largest absolute Gasteiger partial charge is 0.357 e. The third-order valence-electron chi connectivity index (χ3n) is 3.59. The number of hydrogen-bond acceptors (Lipinski definition) is 4. The Hall–Kier alpha value is -1.42. The van der Waals surface area contributed by atoms with Crippen LogP contribution in [0, 0.1) is 6.92 Å². The van der Waals surface area contributed by atoms with Crippen molar-refractivity contribution in [2.75, 3.05) is 18.0 Å². The Balaban J connectivity index is 1.78. The Morgan fingerprint density at radius 3 is 2.47 bits per heavy atom. The van der Waals surface area contributed by atoms with Crippen molar-refractivity contribution in [3.63, 3.8) is 0 Å². The van der Waals surface area contributed by atoms with E-state index in [2.05, 4.69) is 32.4 Å². The molecule has 4 heteroatoms. The first-order chi connectivity index (χ1) is 9.33. The molecule has 3 heterocycles. The van der Waals surface area contributed by atoms with Gasteiger partial charge in [-0.3, -0.25) is 0 Å². The molecule has 19 heavy (non-hydrogen) atoms. The number of pyridine rings is 1. The van der Waals surface area contributed by atoms with Crippen LogP contribution in [-0.4, -0.2) is 23.1 Å². The molecule has 0 radical (unpaired) electrons. The van der Waals surface area contributed by atoms with Gasteiger partial charge in [-0.15, -0.1) is 11.3 Å². The van der Waals surface area contributed by atoms with Gasteiger partial charge in [0.1, 0.15) is 5.82 Å². The van der Waals surface area contributed by atoms with Crippen molar-refractivity contribution in [2.24, 2.45) is 0 Å². The third-order valence-corrected chi connectivity index (χ3v) is 4.37. The molecule has 0 atom stereocenters. The van der Waals surface area contributed by atoms with Gasteiger partial charge in [-0.1, -0.05) is 12.8 Å². The lowest BCUT2D eigenvalue weighted by atomic mass is 10.2. The van der Waals surface area contributed by atoms with Gasteiger partial charge >= 0.3 is 0 Å². The monoisotopic (exact) mass is 273 g/mol. The Morgan fingerprint density at radius 1 is 1.11 bits per heavy atom. The lowest BCUT2D eigenvalue weighted by molar-refractivity contribution is 0.726. The highest BCUT2D eigenvalue weighted by atomic mass is 32.1. The maximum Gasteiger partial charge on any atom is 0.128 e. The fourth-order valence-corrected chi connectivity index (χ4v) is 3.14. The van der Waals surface area contributed by atoms with Gasteiger partial charge in [-0.05, 0) is 31.9 Å². The van der Waals surface area contributed by atoms with Crippen LogP contribution in [0.2, 0.25) is 0 Å². The molecule has 1 fully saturated rings. The summed E-state index contributed by atoms with van der Waals surface area (Å²) in [7, 11) is 0. The summed E-state index contributed by atoms with van der Waals surface area (Å²) in [5.74, 6) is 1.11. The quantitative estimate of drug-likeness (QED) is 0.831. The summed E-state index contributed by atoms with van der Waals surface area (Å²) in [5.41, 5.74) is 2.15. The zero-order valence-electron chi connectivity index (χ0n) is 11.3. The van der Waals surface area contributed by atoms with Gasteiger partial charge in [0.25, 0.3) is 0 Å². The van der Waals surface area contributed by atoms with Crippen LogP contribution >= 0.6 is 11.3 Å². The van der Waals surface area contributed by atoms with Crippen LogP contribution in [0.4, 0.5) is 5.82 Å². The molecule has 3 nitrogen and oxygen atoms in total. The first-order valence-electron chi connectivity index (χ1n) is 6.96. The third kappa shape index (κ3) is 2.95. The second-order valence-electron chi connectivity index (χ2n) is 5.06. The minimum atomic E-state index is 1.04. The number of hydrogen-bond donors (Lipinski definition) is 0. The summed E-state index contributed by atoms with van der Waals surface area (Å²) < 4.78 is 0. The molecule has 3 rings (SSSR count). The Morgan fingerprint density at radius 2 is 1.89 bits per heavy atom. The molecule has 1 aliphatic heterocycles. The van der Waals surface area contributed by atoms with Gasteiger partial charge < -0.3 is 4.90 Å². The fraction of sp³-hybridized carbons (Fsp3) is 0.467. The molecule has 0 unspecified atom stereocenters. The van der Waals surface area contributed by atoms with Crippen molar-refractivity contribution >= 4 is 17.2 Å². The summed E-state index contributed by atoms with van der Waals surface area (Å²) in [5, 5.41) is 3.20. The van der Waals surface area contributed by atoms with Crippen LogP contribution in [0.5, 0.6) is 0 Å². The number of thiazole rings is 1. The van der Waals surface area contributed by atoms with Crippen molar-refractivity contribution in [3.05, 3.63) is 28.7 Å². The highest BCUT2D eigenvalue weighted by Gasteiger charge is 2.11. The van der Waals surface area contributed by atoms with E-state index in [4.69, 9.17) is 0 Å². The highest BCUT2D eigenvalue weighted by molar-refractivity contribution is 7.09. The van der Waals surface area contributed by atoms with E-state index in [9.17, 15) is 0 Å². The molecular weight excluding hydrogens is 254 g/mol. The van der Waals surface area contributed by atoms with Crippen LogP contribution in [0.1, 0.15) is 30.7 Å². The molecule has 1 saturated heterocycles. The Bertz CT molecular complexity index is 525. The van der Waals surface area contributed by atoms with Gasteiger partial charge in [0.15, 0.2) is 0 Å². The second-order valence-corrected chi connectivity index (χ2v) is 6.12. The normalized spacial score (nSPS) is 16.4. The minimum Gasteiger partial charge on any atom is -0.357 e. The van der Waals surface area contributed by atoms with Crippen molar-refractivity contribution in [1.29, 1.82) is 0 Å². The van der Waals surface area contributed by atoms with E-state index < -0.39 is 0 Å². The lowest BCUT2D eigenvalue weighted by Crippen LogP contribution is -2.24. The average molecular weight is 273 g/mol. The number of anilines is 1. The van der Waals surface area contributed by atoms with E-state index in [1.807, 2.05) is 13.1 Å². The number of aryl methyl sites for hydroxylation is 1. The van der Waals surface area contributed by atoms with Crippen LogP contribution in [0.15, 0.2) is 23.7 Å². The zero-order valence-corrected chi connectivity index (χ0v) is 12.1. The second kappa shape index (κ2) is 5.70. The predicted octanol–water partition coefficient (Wildman–Crippen LogP) is 3.89. The van der Waals surface area contributed by atoms with Gasteiger partial charge in [0, 0.05) is 30.2 Å². The summed E-state index contributed by atoms with van der Waals surface area (Å²) in [6.07, 6.45) is 7.23. The van der Waals surface area contributed by atoms with Crippen LogP contribution < -0.4 is 4.90 Å². The smallest absolute Gasteiger partial charge is 0.128 e. The molecule has 0 N–H and O–H groups in total. The first-order valence-corrected chi connectivity index (χ1v) is 7.84.